The quantitative estimate of drug-likeness (QED) is 0.792. The number of rotatable bonds is 6. The molecular formula is C19H20N2O4. The lowest BCUT2D eigenvalue weighted by atomic mass is 10.1. The predicted octanol–water partition coefficient (Wildman–Crippen LogP) is 2.68. The fourth-order valence-corrected chi connectivity index (χ4v) is 2.06. The summed E-state index contributed by atoms with van der Waals surface area (Å²) in [6.45, 7) is 3.33. The van der Waals surface area contributed by atoms with Gasteiger partial charge in [0.2, 0.25) is 0 Å². The van der Waals surface area contributed by atoms with Crippen LogP contribution in [-0.4, -0.2) is 23.8 Å². The monoisotopic (exact) mass is 340 g/mol. The molecule has 0 radical (unpaired) electrons. The molecule has 0 aliphatic carbocycles. The maximum absolute atomic E-state index is 12.0. The molecule has 0 fully saturated rings. The Hall–Kier alpha value is -3.15. The summed E-state index contributed by atoms with van der Waals surface area (Å²) in [6, 6.07) is 15.2. The van der Waals surface area contributed by atoms with Crippen LogP contribution < -0.4 is 15.4 Å². The smallest absolute Gasteiger partial charge is 0.321 e. The zero-order valence-electron chi connectivity index (χ0n) is 14.1. The number of carbonyl (C=O) groups excluding carboxylic acids is 3. The van der Waals surface area contributed by atoms with E-state index in [4.69, 9.17) is 4.74 Å². The van der Waals surface area contributed by atoms with Crippen LogP contribution in [-0.2, 0) is 11.3 Å². The Kier molecular flexibility index (Phi) is 6.28. The van der Waals surface area contributed by atoms with Crippen LogP contribution >= 0.6 is 0 Å². The first-order valence-corrected chi connectivity index (χ1v) is 7.86. The van der Waals surface area contributed by atoms with Crippen LogP contribution in [0.25, 0.3) is 0 Å². The number of urea groups is 1. The standard InChI is InChI=1S/C19H20N2O4/c1-13(22)16-8-10-17(11-9-16)25-14(2)18(23)21-19(24)20-12-15-6-4-3-5-7-15/h3-11,14H,12H2,1-2H3,(H2,20,21,23,24)/t14-/m1/s1. The summed E-state index contributed by atoms with van der Waals surface area (Å²) in [5.74, 6) is -0.161. The first-order chi connectivity index (χ1) is 12.0. The lowest BCUT2D eigenvalue weighted by Crippen LogP contribution is -2.44. The molecule has 2 N–H and O–H groups in total. The Morgan fingerprint density at radius 1 is 1.00 bits per heavy atom. The van der Waals surface area contributed by atoms with Crippen LogP contribution in [0.3, 0.4) is 0 Å². The molecule has 0 spiro atoms. The Morgan fingerprint density at radius 3 is 2.24 bits per heavy atom. The van der Waals surface area contributed by atoms with Gasteiger partial charge in [-0.15, -0.1) is 0 Å². The number of hydrogen-bond acceptors (Lipinski definition) is 4. The van der Waals surface area contributed by atoms with Crippen molar-refractivity contribution in [1.29, 1.82) is 0 Å². The Bertz CT molecular complexity index is 742. The van der Waals surface area contributed by atoms with Crippen LogP contribution in [0.2, 0.25) is 0 Å². The maximum Gasteiger partial charge on any atom is 0.321 e. The zero-order chi connectivity index (χ0) is 18.2. The molecule has 130 valence electrons. The minimum Gasteiger partial charge on any atom is -0.481 e. The number of imide groups is 1. The maximum atomic E-state index is 12.0. The van der Waals surface area contributed by atoms with E-state index in [-0.39, 0.29) is 5.78 Å². The molecule has 3 amide bonds. The summed E-state index contributed by atoms with van der Waals surface area (Å²) in [5, 5.41) is 4.84. The van der Waals surface area contributed by atoms with Crippen molar-refractivity contribution in [1.82, 2.24) is 10.6 Å². The van der Waals surface area contributed by atoms with Gasteiger partial charge in [-0.25, -0.2) is 4.79 Å². The number of Topliss-reactive ketones (excluding diaryl/α,β-unsaturated/α-hetero) is 1. The van der Waals surface area contributed by atoms with Crippen molar-refractivity contribution < 1.29 is 19.1 Å². The third kappa shape index (κ3) is 5.76. The van der Waals surface area contributed by atoms with Crippen LogP contribution in [0, 0.1) is 0 Å². The second-order valence-electron chi connectivity index (χ2n) is 5.50. The van der Waals surface area contributed by atoms with E-state index in [1.54, 1.807) is 31.2 Å². The molecule has 2 rings (SSSR count). The first kappa shape index (κ1) is 18.2. The van der Waals surface area contributed by atoms with Gasteiger partial charge in [0, 0.05) is 12.1 Å². The molecule has 0 aliphatic rings. The van der Waals surface area contributed by atoms with Crippen molar-refractivity contribution in [3.8, 4) is 5.75 Å². The van der Waals surface area contributed by atoms with E-state index in [0.29, 0.717) is 17.9 Å². The largest absolute Gasteiger partial charge is 0.481 e. The number of ketones is 1. The Morgan fingerprint density at radius 2 is 1.64 bits per heavy atom. The number of nitrogens with one attached hydrogen (secondary N) is 2. The third-order valence-electron chi connectivity index (χ3n) is 3.48. The van der Waals surface area contributed by atoms with E-state index in [0.717, 1.165) is 5.56 Å². The van der Waals surface area contributed by atoms with Crippen molar-refractivity contribution >= 4 is 17.7 Å². The van der Waals surface area contributed by atoms with E-state index in [1.807, 2.05) is 30.3 Å². The van der Waals surface area contributed by atoms with Gasteiger partial charge in [0.15, 0.2) is 11.9 Å². The topological polar surface area (TPSA) is 84.5 Å². The molecule has 0 aliphatic heterocycles. The van der Waals surface area contributed by atoms with E-state index in [9.17, 15) is 14.4 Å². The van der Waals surface area contributed by atoms with Gasteiger partial charge in [-0.05, 0) is 43.7 Å². The Labute approximate surface area is 146 Å². The number of ether oxygens (including phenoxy) is 1. The fourth-order valence-electron chi connectivity index (χ4n) is 2.06. The molecule has 0 saturated heterocycles. The highest BCUT2D eigenvalue weighted by Gasteiger charge is 2.17. The minimum atomic E-state index is -0.856. The van der Waals surface area contributed by atoms with Gasteiger partial charge in [0.05, 0.1) is 0 Å². The number of benzene rings is 2. The predicted molar refractivity (Wildman–Crippen MR) is 93.4 cm³/mol. The van der Waals surface area contributed by atoms with Crippen molar-refractivity contribution in [2.45, 2.75) is 26.5 Å². The molecule has 2 aromatic carbocycles. The van der Waals surface area contributed by atoms with Crippen molar-refractivity contribution in [2.24, 2.45) is 0 Å². The molecule has 25 heavy (non-hydrogen) atoms. The minimum absolute atomic E-state index is 0.0487. The third-order valence-corrected chi connectivity index (χ3v) is 3.48. The van der Waals surface area contributed by atoms with Crippen molar-refractivity contribution in [2.75, 3.05) is 0 Å². The van der Waals surface area contributed by atoms with Gasteiger partial charge in [0.1, 0.15) is 5.75 Å². The molecule has 0 aromatic heterocycles. The molecule has 0 unspecified atom stereocenters. The van der Waals surface area contributed by atoms with Gasteiger partial charge >= 0.3 is 6.03 Å². The summed E-state index contributed by atoms with van der Waals surface area (Å²) in [6.07, 6.45) is -0.856. The number of amides is 3. The molecular weight excluding hydrogens is 320 g/mol. The van der Waals surface area contributed by atoms with Crippen LogP contribution in [0.4, 0.5) is 4.79 Å². The average Bonchev–Trinajstić information content (AvgIpc) is 2.61. The van der Waals surface area contributed by atoms with Crippen LogP contribution in [0.1, 0.15) is 29.8 Å². The van der Waals surface area contributed by atoms with Crippen LogP contribution in [0.5, 0.6) is 5.75 Å². The van der Waals surface area contributed by atoms with E-state index in [1.165, 1.54) is 6.92 Å². The summed E-state index contributed by atoms with van der Waals surface area (Å²) in [5.41, 5.74) is 1.49. The number of carbonyl (C=O) groups is 3. The highest BCUT2D eigenvalue weighted by atomic mass is 16.5. The first-order valence-electron chi connectivity index (χ1n) is 7.86. The summed E-state index contributed by atoms with van der Waals surface area (Å²) < 4.78 is 5.47. The highest BCUT2D eigenvalue weighted by molar-refractivity contribution is 5.96. The molecule has 0 saturated carbocycles. The summed E-state index contributed by atoms with van der Waals surface area (Å²) in [7, 11) is 0. The summed E-state index contributed by atoms with van der Waals surface area (Å²) >= 11 is 0. The van der Waals surface area contributed by atoms with Gasteiger partial charge in [-0.3, -0.25) is 14.9 Å². The highest BCUT2D eigenvalue weighted by Crippen LogP contribution is 2.14. The lowest BCUT2D eigenvalue weighted by molar-refractivity contribution is -0.126. The molecule has 0 bridgehead atoms. The van der Waals surface area contributed by atoms with Crippen LogP contribution in [0.15, 0.2) is 54.6 Å². The second-order valence-corrected chi connectivity index (χ2v) is 5.50. The molecule has 6 nitrogen and oxygen atoms in total. The van der Waals surface area contributed by atoms with Crippen molar-refractivity contribution in [3.63, 3.8) is 0 Å². The SMILES string of the molecule is CC(=O)c1ccc(O[C@H](C)C(=O)NC(=O)NCc2ccccc2)cc1. The van der Waals surface area contributed by atoms with Gasteiger partial charge in [-0.1, -0.05) is 30.3 Å². The molecule has 6 heteroatoms. The fraction of sp³-hybridized carbons (Fsp3) is 0.211. The number of hydrogen-bond donors (Lipinski definition) is 2. The molecule has 1 atom stereocenters. The van der Waals surface area contributed by atoms with E-state index < -0.39 is 18.0 Å². The van der Waals surface area contributed by atoms with Crippen molar-refractivity contribution in [3.05, 3.63) is 65.7 Å². The van der Waals surface area contributed by atoms with E-state index >= 15 is 0 Å². The van der Waals surface area contributed by atoms with Gasteiger partial charge in [-0.2, -0.15) is 0 Å². The summed E-state index contributed by atoms with van der Waals surface area (Å²) in [4.78, 5) is 35.0. The lowest BCUT2D eigenvalue weighted by Gasteiger charge is -2.14. The average molecular weight is 340 g/mol. The molecule has 0 heterocycles. The van der Waals surface area contributed by atoms with Gasteiger partial charge in [0.25, 0.3) is 5.91 Å². The second kappa shape index (κ2) is 8.63. The van der Waals surface area contributed by atoms with Gasteiger partial charge < -0.3 is 10.1 Å². The van der Waals surface area contributed by atoms with E-state index in [2.05, 4.69) is 10.6 Å². The zero-order valence-corrected chi connectivity index (χ0v) is 14.1. The molecule has 2 aromatic rings. The normalized spacial score (nSPS) is 11.3. The Balaban J connectivity index is 1.81.